The molecule has 2 rings (SSSR count). The van der Waals surface area contributed by atoms with Crippen LogP contribution in [0.3, 0.4) is 0 Å². The molecule has 0 aliphatic heterocycles. The number of nitrogens with one attached hydrogen (secondary N) is 1. The molecule has 1 nitrogen and oxygen atoms in total. The minimum Gasteiger partial charge on any atom is -0.301 e. The van der Waals surface area contributed by atoms with Crippen LogP contribution in [0, 0.1) is 24.2 Å². The van der Waals surface area contributed by atoms with Gasteiger partial charge in [-0.25, -0.2) is 0 Å². The summed E-state index contributed by atoms with van der Waals surface area (Å²) in [5, 5.41) is 3.50. The summed E-state index contributed by atoms with van der Waals surface area (Å²) in [5.74, 6) is 4.73. The first kappa shape index (κ1) is 8.13. The Morgan fingerprint density at radius 2 is 2.08 bits per heavy atom. The highest BCUT2D eigenvalue weighted by molar-refractivity contribution is 5.02. The number of hydrogen-bond acceptors (Lipinski definition) is 1. The van der Waals surface area contributed by atoms with Gasteiger partial charge in [-0.1, -0.05) is 5.92 Å². The van der Waals surface area contributed by atoms with Gasteiger partial charge in [-0.15, -0.1) is 6.42 Å². The first-order valence-corrected chi connectivity index (χ1v) is 5.03. The monoisotopic (exact) mass is 163 g/mol. The molecule has 2 saturated carbocycles. The van der Waals surface area contributed by atoms with E-state index in [2.05, 4.69) is 18.2 Å². The Bertz CT molecular complexity index is 200. The summed E-state index contributed by atoms with van der Waals surface area (Å²) in [4.78, 5) is 0. The molecule has 1 heteroatoms. The number of rotatable bonds is 3. The van der Waals surface area contributed by atoms with Gasteiger partial charge in [-0.05, 0) is 44.4 Å². The third kappa shape index (κ3) is 1.49. The lowest BCUT2D eigenvalue weighted by Crippen LogP contribution is -2.48. The molecule has 66 valence electrons. The summed E-state index contributed by atoms with van der Waals surface area (Å²) in [6.45, 7) is 2.07. The Labute approximate surface area is 74.9 Å². The molecular formula is C11H17N. The normalized spacial score (nSPS) is 36.7. The van der Waals surface area contributed by atoms with Crippen LogP contribution in [0.2, 0.25) is 0 Å². The molecule has 12 heavy (non-hydrogen) atoms. The highest BCUT2D eigenvalue weighted by atomic mass is 15.0. The van der Waals surface area contributed by atoms with Crippen LogP contribution in [0.25, 0.3) is 0 Å². The van der Waals surface area contributed by atoms with Gasteiger partial charge in [0, 0.05) is 6.04 Å². The fourth-order valence-corrected chi connectivity index (χ4v) is 2.19. The summed E-state index contributed by atoms with van der Waals surface area (Å²) >= 11 is 0. The van der Waals surface area contributed by atoms with Crippen molar-refractivity contribution in [1.29, 1.82) is 0 Å². The fraction of sp³-hybridized carbons (Fsp3) is 0.818. The highest BCUT2D eigenvalue weighted by Gasteiger charge is 2.41. The molecule has 2 fully saturated rings. The molecule has 0 aromatic carbocycles. The molecule has 2 aliphatic carbocycles. The summed E-state index contributed by atoms with van der Waals surface area (Å²) in [7, 11) is 0. The lowest BCUT2D eigenvalue weighted by molar-refractivity contribution is 0.178. The molecule has 2 aliphatic rings. The maximum Gasteiger partial charge on any atom is 0.0660 e. The molecule has 3 unspecified atom stereocenters. The maximum atomic E-state index is 5.32. The molecule has 0 heterocycles. The van der Waals surface area contributed by atoms with Gasteiger partial charge in [0.2, 0.25) is 0 Å². The Morgan fingerprint density at radius 3 is 2.50 bits per heavy atom. The van der Waals surface area contributed by atoms with Crippen LogP contribution in [0.1, 0.15) is 32.6 Å². The van der Waals surface area contributed by atoms with E-state index in [0.717, 1.165) is 17.9 Å². The zero-order valence-corrected chi connectivity index (χ0v) is 7.72. The van der Waals surface area contributed by atoms with E-state index in [1.165, 1.54) is 25.7 Å². The predicted molar refractivity (Wildman–Crippen MR) is 50.7 cm³/mol. The molecule has 0 spiro atoms. The van der Waals surface area contributed by atoms with Crippen molar-refractivity contribution in [2.45, 2.75) is 44.7 Å². The minimum absolute atomic E-state index is 0.261. The third-order valence-corrected chi connectivity index (χ3v) is 3.27. The lowest BCUT2D eigenvalue weighted by Gasteiger charge is -2.38. The minimum atomic E-state index is 0.261. The van der Waals surface area contributed by atoms with Crippen LogP contribution in [0.4, 0.5) is 0 Å². The van der Waals surface area contributed by atoms with Gasteiger partial charge in [0.25, 0.3) is 0 Å². The quantitative estimate of drug-likeness (QED) is 0.625. The predicted octanol–water partition coefficient (Wildman–Crippen LogP) is 1.79. The molecule has 0 bridgehead atoms. The molecule has 3 atom stereocenters. The fourth-order valence-electron chi connectivity index (χ4n) is 2.19. The van der Waals surface area contributed by atoms with Gasteiger partial charge in [0.1, 0.15) is 0 Å². The van der Waals surface area contributed by atoms with Crippen LogP contribution in [0.15, 0.2) is 0 Å². The Morgan fingerprint density at radius 1 is 1.33 bits per heavy atom. The third-order valence-electron chi connectivity index (χ3n) is 3.27. The van der Waals surface area contributed by atoms with Crippen LogP contribution in [0.5, 0.6) is 0 Å². The first-order valence-electron chi connectivity index (χ1n) is 5.03. The molecular weight excluding hydrogens is 146 g/mol. The summed E-state index contributed by atoms with van der Waals surface area (Å²) in [6.07, 6.45) is 11.0. The van der Waals surface area contributed by atoms with Crippen molar-refractivity contribution in [2.24, 2.45) is 11.8 Å². The second kappa shape index (κ2) is 3.11. The number of hydrogen-bond donors (Lipinski definition) is 1. The van der Waals surface area contributed by atoms with Crippen molar-refractivity contribution in [1.82, 2.24) is 5.32 Å². The van der Waals surface area contributed by atoms with Crippen molar-refractivity contribution >= 4 is 0 Å². The zero-order valence-electron chi connectivity index (χ0n) is 7.72. The molecule has 0 aromatic heterocycles. The van der Waals surface area contributed by atoms with Crippen molar-refractivity contribution in [3.05, 3.63) is 0 Å². The van der Waals surface area contributed by atoms with Crippen molar-refractivity contribution in [3.8, 4) is 12.3 Å². The van der Waals surface area contributed by atoms with Gasteiger partial charge in [0.15, 0.2) is 0 Å². The van der Waals surface area contributed by atoms with Gasteiger partial charge >= 0.3 is 0 Å². The van der Waals surface area contributed by atoms with E-state index in [-0.39, 0.29) is 6.04 Å². The van der Waals surface area contributed by atoms with E-state index in [0.29, 0.717) is 0 Å². The average Bonchev–Trinajstić information content (AvgIpc) is 2.81. The SMILES string of the molecule is C#CC(C)NC1CCC1C1CC1. The highest BCUT2D eigenvalue weighted by Crippen LogP contribution is 2.46. The van der Waals surface area contributed by atoms with Crippen LogP contribution >= 0.6 is 0 Å². The summed E-state index contributed by atoms with van der Waals surface area (Å²) in [5.41, 5.74) is 0. The Balaban J connectivity index is 1.77. The summed E-state index contributed by atoms with van der Waals surface area (Å²) < 4.78 is 0. The van der Waals surface area contributed by atoms with E-state index in [4.69, 9.17) is 6.42 Å². The summed E-state index contributed by atoms with van der Waals surface area (Å²) in [6, 6.07) is 1.00. The molecule has 1 N–H and O–H groups in total. The Kier molecular flexibility index (Phi) is 2.11. The van der Waals surface area contributed by atoms with E-state index in [9.17, 15) is 0 Å². The lowest BCUT2D eigenvalue weighted by atomic mass is 9.76. The van der Waals surface area contributed by atoms with Crippen LogP contribution in [-0.2, 0) is 0 Å². The van der Waals surface area contributed by atoms with Gasteiger partial charge < -0.3 is 5.32 Å². The number of terminal acetylenes is 1. The largest absolute Gasteiger partial charge is 0.301 e. The van der Waals surface area contributed by atoms with E-state index < -0.39 is 0 Å². The van der Waals surface area contributed by atoms with Crippen molar-refractivity contribution in [3.63, 3.8) is 0 Å². The second-order valence-electron chi connectivity index (χ2n) is 4.24. The standard InChI is InChI=1S/C11H17N/c1-3-8(2)12-11-7-6-10(11)9-4-5-9/h1,8-12H,4-7H2,2H3. The van der Waals surface area contributed by atoms with Gasteiger partial charge in [-0.3, -0.25) is 0 Å². The molecule has 0 amide bonds. The second-order valence-corrected chi connectivity index (χ2v) is 4.24. The van der Waals surface area contributed by atoms with Crippen LogP contribution < -0.4 is 5.32 Å². The zero-order chi connectivity index (χ0) is 8.55. The average molecular weight is 163 g/mol. The Hall–Kier alpha value is -0.480. The van der Waals surface area contributed by atoms with E-state index in [1.54, 1.807) is 0 Å². The maximum absolute atomic E-state index is 5.32. The molecule has 0 saturated heterocycles. The van der Waals surface area contributed by atoms with Gasteiger partial charge in [-0.2, -0.15) is 0 Å². The van der Waals surface area contributed by atoms with Crippen molar-refractivity contribution < 1.29 is 0 Å². The topological polar surface area (TPSA) is 12.0 Å². The molecule has 0 radical (unpaired) electrons. The molecule has 0 aromatic rings. The van der Waals surface area contributed by atoms with E-state index >= 15 is 0 Å². The van der Waals surface area contributed by atoms with Crippen LogP contribution in [-0.4, -0.2) is 12.1 Å². The van der Waals surface area contributed by atoms with Crippen molar-refractivity contribution in [2.75, 3.05) is 0 Å². The van der Waals surface area contributed by atoms with Gasteiger partial charge in [0.05, 0.1) is 6.04 Å². The van der Waals surface area contributed by atoms with E-state index in [1.807, 2.05) is 0 Å². The smallest absolute Gasteiger partial charge is 0.0660 e. The first-order chi connectivity index (χ1) is 5.81.